The topological polar surface area (TPSA) is 52.6 Å². The average Bonchev–Trinajstić information content (AvgIpc) is 2.36. The number of hydrogen-bond acceptors (Lipinski definition) is 3. The van der Waals surface area contributed by atoms with Crippen molar-refractivity contribution in [1.82, 2.24) is 5.32 Å². The fraction of sp³-hybridized carbons (Fsp3) is 0.533. The Kier molecular flexibility index (Phi) is 5.51. The molecule has 1 rings (SSSR count). The Morgan fingerprint density at radius 1 is 1.40 bits per heavy atom. The van der Waals surface area contributed by atoms with Crippen LogP contribution in [0.15, 0.2) is 24.3 Å². The zero-order valence-corrected chi connectivity index (χ0v) is 12.5. The lowest BCUT2D eigenvalue weighted by Gasteiger charge is -2.31. The van der Waals surface area contributed by atoms with E-state index in [9.17, 15) is 14.3 Å². The highest BCUT2D eigenvalue weighted by Gasteiger charge is 2.33. The van der Waals surface area contributed by atoms with Gasteiger partial charge in [0.05, 0.1) is 0 Å². The summed E-state index contributed by atoms with van der Waals surface area (Å²) in [5, 5.41) is 12.5. The SMILES string of the molecule is CC(C)NC(C)(CCN(C)c1ccc(F)cc1)C(=O)O. The molecule has 0 radical (unpaired) electrons. The zero-order valence-electron chi connectivity index (χ0n) is 12.5. The number of nitrogens with one attached hydrogen (secondary N) is 1. The first kappa shape index (κ1) is 16.4. The van der Waals surface area contributed by atoms with E-state index in [1.165, 1.54) is 12.1 Å². The van der Waals surface area contributed by atoms with Crippen molar-refractivity contribution in [2.75, 3.05) is 18.5 Å². The van der Waals surface area contributed by atoms with E-state index in [1.807, 2.05) is 25.8 Å². The highest BCUT2D eigenvalue weighted by atomic mass is 19.1. The molecule has 0 aromatic heterocycles. The number of hydrogen-bond donors (Lipinski definition) is 2. The number of carboxylic acid groups (broad SMARTS) is 1. The quantitative estimate of drug-likeness (QED) is 0.807. The normalized spacial score (nSPS) is 14.1. The molecule has 0 aliphatic heterocycles. The molecular weight excluding hydrogens is 259 g/mol. The second-order valence-corrected chi connectivity index (χ2v) is 5.58. The highest BCUT2D eigenvalue weighted by Crippen LogP contribution is 2.17. The van der Waals surface area contributed by atoms with Crippen LogP contribution in [0.25, 0.3) is 0 Å². The monoisotopic (exact) mass is 282 g/mol. The molecule has 1 unspecified atom stereocenters. The van der Waals surface area contributed by atoms with E-state index in [-0.39, 0.29) is 11.9 Å². The van der Waals surface area contributed by atoms with Crippen molar-refractivity contribution >= 4 is 11.7 Å². The molecule has 4 nitrogen and oxygen atoms in total. The number of carboxylic acids is 1. The highest BCUT2D eigenvalue weighted by molar-refractivity contribution is 5.78. The summed E-state index contributed by atoms with van der Waals surface area (Å²) >= 11 is 0. The van der Waals surface area contributed by atoms with Crippen LogP contribution < -0.4 is 10.2 Å². The molecule has 0 amide bonds. The molecule has 0 saturated heterocycles. The number of benzene rings is 1. The molecule has 0 spiro atoms. The molecule has 0 saturated carbocycles. The van der Waals surface area contributed by atoms with Crippen LogP contribution in [0.3, 0.4) is 0 Å². The summed E-state index contributed by atoms with van der Waals surface area (Å²) in [5.74, 6) is -1.14. The van der Waals surface area contributed by atoms with Gasteiger partial charge in [-0.05, 0) is 51.5 Å². The molecule has 20 heavy (non-hydrogen) atoms. The van der Waals surface area contributed by atoms with Crippen molar-refractivity contribution in [1.29, 1.82) is 0 Å². The second kappa shape index (κ2) is 6.70. The van der Waals surface area contributed by atoms with Crippen LogP contribution in [0.4, 0.5) is 10.1 Å². The van der Waals surface area contributed by atoms with E-state index in [0.717, 1.165) is 5.69 Å². The lowest BCUT2D eigenvalue weighted by molar-refractivity contribution is -0.144. The standard InChI is InChI=1S/C15H23FN2O2/c1-11(2)17-15(3,14(19)20)9-10-18(4)13-7-5-12(16)6-8-13/h5-8,11,17H,9-10H2,1-4H3,(H,19,20). The summed E-state index contributed by atoms with van der Waals surface area (Å²) < 4.78 is 12.9. The van der Waals surface area contributed by atoms with Crippen LogP contribution in [0.5, 0.6) is 0 Å². The molecule has 112 valence electrons. The summed E-state index contributed by atoms with van der Waals surface area (Å²) in [7, 11) is 1.87. The fourth-order valence-corrected chi connectivity index (χ4v) is 2.09. The van der Waals surface area contributed by atoms with Crippen LogP contribution in [0.2, 0.25) is 0 Å². The van der Waals surface area contributed by atoms with Crippen LogP contribution in [-0.4, -0.2) is 36.2 Å². The molecule has 0 heterocycles. The predicted octanol–water partition coefficient (Wildman–Crippen LogP) is 2.49. The second-order valence-electron chi connectivity index (χ2n) is 5.58. The van der Waals surface area contributed by atoms with Gasteiger partial charge in [-0.25, -0.2) is 4.39 Å². The van der Waals surface area contributed by atoms with E-state index >= 15 is 0 Å². The van der Waals surface area contributed by atoms with Crippen LogP contribution in [0, 0.1) is 5.82 Å². The van der Waals surface area contributed by atoms with E-state index < -0.39 is 11.5 Å². The molecule has 1 aromatic carbocycles. The van der Waals surface area contributed by atoms with Gasteiger partial charge in [-0.1, -0.05) is 0 Å². The van der Waals surface area contributed by atoms with E-state index in [0.29, 0.717) is 13.0 Å². The number of nitrogens with zero attached hydrogens (tertiary/aromatic N) is 1. The fourth-order valence-electron chi connectivity index (χ4n) is 2.09. The average molecular weight is 282 g/mol. The smallest absolute Gasteiger partial charge is 0.323 e. The molecule has 0 fully saturated rings. The lowest BCUT2D eigenvalue weighted by atomic mass is 9.96. The minimum atomic E-state index is -0.970. The molecular formula is C15H23FN2O2. The summed E-state index contributed by atoms with van der Waals surface area (Å²) in [6, 6.07) is 6.25. The molecule has 1 aromatic rings. The van der Waals surface area contributed by atoms with E-state index in [4.69, 9.17) is 0 Å². The minimum Gasteiger partial charge on any atom is -0.480 e. The van der Waals surface area contributed by atoms with Gasteiger partial charge in [-0.3, -0.25) is 10.1 Å². The first-order chi connectivity index (χ1) is 9.24. The molecule has 0 bridgehead atoms. The number of aliphatic carboxylic acids is 1. The Morgan fingerprint density at radius 2 is 1.95 bits per heavy atom. The van der Waals surface area contributed by atoms with Gasteiger partial charge in [-0.2, -0.15) is 0 Å². The van der Waals surface area contributed by atoms with Crippen molar-refractivity contribution in [3.05, 3.63) is 30.1 Å². The van der Waals surface area contributed by atoms with Gasteiger partial charge >= 0.3 is 5.97 Å². The minimum absolute atomic E-state index is 0.0900. The van der Waals surface area contributed by atoms with Gasteiger partial charge in [0.25, 0.3) is 0 Å². The molecule has 5 heteroatoms. The summed E-state index contributed by atoms with van der Waals surface area (Å²) in [5.41, 5.74) is -0.105. The third-order valence-corrected chi connectivity index (χ3v) is 3.29. The Balaban J connectivity index is 2.67. The number of carbonyl (C=O) groups is 1. The van der Waals surface area contributed by atoms with Gasteiger partial charge in [0.2, 0.25) is 0 Å². The van der Waals surface area contributed by atoms with Crippen molar-refractivity contribution in [3.63, 3.8) is 0 Å². The molecule has 0 aliphatic rings. The van der Waals surface area contributed by atoms with Crippen LogP contribution >= 0.6 is 0 Å². The van der Waals surface area contributed by atoms with Gasteiger partial charge in [0.15, 0.2) is 0 Å². The summed E-state index contributed by atoms with van der Waals surface area (Å²) in [6.45, 7) is 6.09. The van der Waals surface area contributed by atoms with Crippen LogP contribution in [-0.2, 0) is 4.79 Å². The number of halogens is 1. The first-order valence-electron chi connectivity index (χ1n) is 6.72. The maximum Gasteiger partial charge on any atom is 0.323 e. The first-order valence-corrected chi connectivity index (χ1v) is 6.72. The molecule has 0 aliphatic carbocycles. The van der Waals surface area contributed by atoms with Gasteiger partial charge < -0.3 is 10.0 Å². The predicted molar refractivity (Wildman–Crippen MR) is 78.6 cm³/mol. The van der Waals surface area contributed by atoms with Gasteiger partial charge in [0, 0.05) is 25.3 Å². The third-order valence-electron chi connectivity index (χ3n) is 3.29. The molecule has 1 atom stereocenters. The number of rotatable bonds is 7. The Hall–Kier alpha value is -1.62. The number of anilines is 1. The largest absolute Gasteiger partial charge is 0.480 e. The van der Waals surface area contributed by atoms with Crippen molar-refractivity contribution in [2.24, 2.45) is 0 Å². The Morgan fingerprint density at radius 3 is 2.40 bits per heavy atom. The molecule has 2 N–H and O–H groups in total. The Bertz CT molecular complexity index is 448. The third kappa shape index (κ3) is 4.49. The lowest BCUT2D eigenvalue weighted by Crippen LogP contribution is -2.53. The van der Waals surface area contributed by atoms with Gasteiger partial charge in [-0.15, -0.1) is 0 Å². The maximum absolute atomic E-state index is 12.9. The zero-order chi connectivity index (χ0) is 15.3. The summed E-state index contributed by atoms with van der Waals surface area (Å²) in [6.07, 6.45) is 0.453. The van der Waals surface area contributed by atoms with Crippen LogP contribution in [0.1, 0.15) is 27.2 Å². The van der Waals surface area contributed by atoms with E-state index in [2.05, 4.69) is 5.32 Å². The van der Waals surface area contributed by atoms with Gasteiger partial charge in [0.1, 0.15) is 11.4 Å². The summed E-state index contributed by atoms with van der Waals surface area (Å²) in [4.78, 5) is 13.3. The van der Waals surface area contributed by atoms with Crippen molar-refractivity contribution in [3.8, 4) is 0 Å². The van der Waals surface area contributed by atoms with Crippen molar-refractivity contribution in [2.45, 2.75) is 38.8 Å². The van der Waals surface area contributed by atoms with E-state index in [1.54, 1.807) is 19.1 Å². The van der Waals surface area contributed by atoms with Crippen molar-refractivity contribution < 1.29 is 14.3 Å². The Labute approximate surface area is 119 Å². The maximum atomic E-state index is 12.9.